The average molecular weight is 416 g/mol. The second-order valence-corrected chi connectivity index (χ2v) is 8.74. The van der Waals surface area contributed by atoms with E-state index < -0.39 is 15.9 Å². The molecule has 1 aliphatic carbocycles. The fourth-order valence-corrected chi connectivity index (χ4v) is 4.30. The molecule has 0 saturated heterocycles. The zero-order valence-electron chi connectivity index (χ0n) is 16.5. The number of nitrogens with zero attached hydrogens (tertiary/aromatic N) is 1. The van der Waals surface area contributed by atoms with Gasteiger partial charge < -0.3 is 4.74 Å². The lowest BCUT2D eigenvalue weighted by atomic mass is 9.89. The average Bonchev–Trinajstić information content (AvgIpc) is 2.73. The topological polar surface area (TPSA) is 96.9 Å². The van der Waals surface area contributed by atoms with Crippen LogP contribution < -0.4 is 14.9 Å². The largest absolute Gasteiger partial charge is 0.497 e. The number of nitrogens with one attached hydrogen (secondary N) is 2. The van der Waals surface area contributed by atoms with Crippen molar-refractivity contribution in [3.8, 4) is 5.75 Å². The molecule has 1 saturated carbocycles. The van der Waals surface area contributed by atoms with Crippen LogP contribution in [0.25, 0.3) is 0 Å². The Hall–Kier alpha value is -2.87. The molecule has 7 nitrogen and oxygen atoms in total. The summed E-state index contributed by atoms with van der Waals surface area (Å²) in [5.41, 5.74) is 4.17. The Bertz CT molecular complexity index is 1000. The lowest BCUT2D eigenvalue weighted by Crippen LogP contribution is -2.24. The number of carbonyl (C=O) groups is 1. The highest BCUT2D eigenvalue weighted by atomic mass is 32.2. The van der Waals surface area contributed by atoms with Gasteiger partial charge in [0, 0.05) is 17.0 Å². The summed E-state index contributed by atoms with van der Waals surface area (Å²) in [6.07, 6.45) is 4.19. The van der Waals surface area contributed by atoms with Gasteiger partial charge >= 0.3 is 0 Å². The van der Waals surface area contributed by atoms with E-state index in [1.807, 2.05) is 0 Å². The minimum atomic E-state index is -3.84. The van der Waals surface area contributed by atoms with Crippen molar-refractivity contribution in [3.05, 3.63) is 54.1 Å². The minimum Gasteiger partial charge on any atom is -0.497 e. The molecule has 2 aromatic rings. The third-order valence-corrected chi connectivity index (χ3v) is 6.32. The Labute approximate surface area is 171 Å². The van der Waals surface area contributed by atoms with Crippen molar-refractivity contribution in [1.82, 2.24) is 5.43 Å². The summed E-state index contributed by atoms with van der Waals surface area (Å²) in [5, 5.41) is 4.26. The summed E-state index contributed by atoms with van der Waals surface area (Å²) >= 11 is 0. The Morgan fingerprint density at radius 3 is 2.59 bits per heavy atom. The number of hydrogen-bond acceptors (Lipinski definition) is 5. The van der Waals surface area contributed by atoms with E-state index in [1.54, 1.807) is 30.3 Å². The van der Waals surface area contributed by atoms with Crippen LogP contribution in [-0.4, -0.2) is 27.1 Å². The quantitative estimate of drug-likeness (QED) is 0.702. The summed E-state index contributed by atoms with van der Waals surface area (Å²) in [6, 6.07) is 12.4. The number of hydrazone groups is 1. The molecule has 1 amide bonds. The highest BCUT2D eigenvalue weighted by molar-refractivity contribution is 7.92. The van der Waals surface area contributed by atoms with E-state index in [1.165, 1.54) is 31.7 Å². The molecular formula is C21H25N3O4S. The molecule has 0 aromatic heterocycles. The zero-order valence-corrected chi connectivity index (χ0v) is 17.3. The second-order valence-electron chi connectivity index (χ2n) is 7.05. The van der Waals surface area contributed by atoms with Crippen LogP contribution in [0.1, 0.15) is 43.0 Å². The Morgan fingerprint density at radius 1 is 1.14 bits per heavy atom. The standard InChI is InChI=1S/C21H25N3O4S/c1-15-6-3-4-9-20(15)22-23-21(25)16-7-5-8-19(14-16)29(26,27)24-17-10-12-18(28-2)13-11-17/h5,7-8,10-15,24H,3-4,6,9H2,1-2H3,(H,23,25)/b22-20-/t15-/m0/s1. The predicted octanol–water partition coefficient (Wildman–Crippen LogP) is 3.79. The molecule has 2 N–H and O–H groups in total. The molecule has 0 aliphatic heterocycles. The zero-order chi connectivity index (χ0) is 20.9. The van der Waals surface area contributed by atoms with E-state index in [0.717, 1.165) is 25.0 Å². The Morgan fingerprint density at radius 2 is 1.90 bits per heavy atom. The van der Waals surface area contributed by atoms with Crippen molar-refractivity contribution in [2.24, 2.45) is 11.0 Å². The maximum atomic E-state index is 12.7. The van der Waals surface area contributed by atoms with Gasteiger partial charge in [-0.05, 0) is 67.6 Å². The summed E-state index contributed by atoms with van der Waals surface area (Å²) in [6.45, 7) is 2.10. The summed E-state index contributed by atoms with van der Waals surface area (Å²) < 4.78 is 32.9. The van der Waals surface area contributed by atoms with Gasteiger partial charge in [-0.3, -0.25) is 9.52 Å². The van der Waals surface area contributed by atoms with Crippen molar-refractivity contribution in [1.29, 1.82) is 0 Å². The highest BCUT2D eigenvalue weighted by Gasteiger charge is 2.18. The van der Waals surface area contributed by atoms with Gasteiger partial charge in [0.25, 0.3) is 15.9 Å². The molecule has 1 fully saturated rings. The van der Waals surface area contributed by atoms with E-state index in [4.69, 9.17) is 4.74 Å². The normalized spacial score (nSPS) is 18.3. The van der Waals surface area contributed by atoms with Crippen LogP contribution in [0.15, 0.2) is 58.5 Å². The number of hydrogen-bond donors (Lipinski definition) is 2. The fraction of sp³-hybridized carbons (Fsp3) is 0.333. The molecule has 0 radical (unpaired) electrons. The van der Waals surface area contributed by atoms with Crippen LogP contribution in [0.4, 0.5) is 5.69 Å². The number of amides is 1. The first-order valence-corrected chi connectivity index (χ1v) is 11.0. The van der Waals surface area contributed by atoms with Crippen LogP contribution in [0.5, 0.6) is 5.75 Å². The van der Waals surface area contributed by atoms with Crippen molar-refractivity contribution in [2.45, 2.75) is 37.5 Å². The number of rotatable bonds is 6. The van der Waals surface area contributed by atoms with Crippen LogP contribution >= 0.6 is 0 Å². The first kappa shape index (κ1) is 20.9. The van der Waals surface area contributed by atoms with Crippen molar-refractivity contribution in [2.75, 3.05) is 11.8 Å². The van der Waals surface area contributed by atoms with Crippen molar-refractivity contribution < 1.29 is 17.9 Å². The van der Waals surface area contributed by atoms with Crippen molar-refractivity contribution >= 4 is 27.3 Å². The lowest BCUT2D eigenvalue weighted by Gasteiger charge is -2.19. The predicted molar refractivity (Wildman–Crippen MR) is 113 cm³/mol. The van der Waals surface area contributed by atoms with Gasteiger partial charge in [-0.2, -0.15) is 5.10 Å². The first-order chi connectivity index (χ1) is 13.9. The molecule has 0 unspecified atom stereocenters. The molecule has 0 heterocycles. The van der Waals surface area contributed by atoms with E-state index in [-0.39, 0.29) is 10.5 Å². The highest BCUT2D eigenvalue weighted by Crippen LogP contribution is 2.22. The summed E-state index contributed by atoms with van der Waals surface area (Å²) in [4.78, 5) is 12.5. The van der Waals surface area contributed by atoms with Gasteiger partial charge in [0.15, 0.2) is 0 Å². The maximum absolute atomic E-state index is 12.7. The molecule has 1 atom stereocenters. The van der Waals surface area contributed by atoms with Gasteiger partial charge in [0.05, 0.1) is 12.0 Å². The number of sulfonamides is 1. The minimum absolute atomic E-state index is 0.000319. The van der Waals surface area contributed by atoms with Crippen LogP contribution in [0.2, 0.25) is 0 Å². The van der Waals surface area contributed by atoms with Gasteiger partial charge in [-0.15, -0.1) is 0 Å². The molecule has 154 valence electrons. The van der Waals surface area contributed by atoms with E-state index in [2.05, 4.69) is 22.2 Å². The molecular weight excluding hydrogens is 390 g/mol. The fourth-order valence-electron chi connectivity index (χ4n) is 3.20. The number of ether oxygens (including phenoxy) is 1. The van der Waals surface area contributed by atoms with Crippen LogP contribution in [0, 0.1) is 5.92 Å². The van der Waals surface area contributed by atoms with Crippen molar-refractivity contribution in [3.63, 3.8) is 0 Å². The molecule has 8 heteroatoms. The summed E-state index contributed by atoms with van der Waals surface area (Å²) in [5.74, 6) is 0.543. The Kier molecular flexibility index (Phi) is 6.53. The van der Waals surface area contributed by atoms with Gasteiger partial charge in [-0.25, -0.2) is 13.8 Å². The molecule has 1 aliphatic rings. The van der Waals surface area contributed by atoms with E-state index in [0.29, 0.717) is 17.4 Å². The van der Waals surface area contributed by atoms with Crippen LogP contribution in [0.3, 0.4) is 0 Å². The molecule has 29 heavy (non-hydrogen) atoms. The lowest BCUT2D eigenvalue weighted by molar-refractivity contribution is 0.0954. The molecule has 0 bridgehead atoms. The number of carbonyl (C=O) groups excluding carboxylic acids is 1. The van der Waals surface area contributed by atoms with Crippen LogP contribution in [-0.2, 0) is 10.0 Å². The first-order valence-electron chi connectivity index (χ1n) is 9.53. The molecule has 0 spiro atoms. The maximum Gasteiger partial charge on any atom is 0.271 e. The van der Waals surface area contributed by atoms with Gasteiger partial charge in [0.2, 0.25) is 0 Å². The van der Waals surface area contributed by atoms with Gasteiger partial charge in [0.1, 0.15) is 5.75 Å². The second kappa shape index (κ2) is 9.09. The molecule has 3 rings (SSSR count). The number of anilines is 1. The van der Waals surface area contributed by atoms with E-state index >= 15 is 0 Å². The SMILES string of the molecule is COc1ccc(NS(=O)(=O)c2cccc(C(=O)N/N=C3/CCCC[C@@H]3C)c2)cc1. The van der Waals surface area contributed by atoms with E-state index in [9.17, 15) is 13.2 Å². The molecule has 2 aromatic carbocycles. The smallest absolute Gasteiger partial charge is 0.271 e. The third kappa shape index (κ3) is 5.35. The number of benzene rings is 2. The Balaban J connectivity index is 1.73. The number of methoxy groups -OCH3 is 1. The third-order valence-electron chi connectivity index (χ3n) is 4.94. The van der Waals surface area contributed by atoms with Gasteiger partial charge in [-0.1, -0.05) is 19.4 Å². The summed E-state index contributed by atoms with van der Waals surface area (Å²) in [7, 11) is -2.30. The monoisotopic (exact) mass is 415 g/mol.